The van der Waals surface area contributed by atoms with Gasteiger partial charge >= 0.3 is 18.2 Å². The Kier molecular flexibility index (Phi) is 39.9. The molecule has 3 heterocycles. The highest BCUT2D eigenvalue weighted by Crippen LogP contribution is 2.41. The Bertz CT molecular complexity index is 4630. The molecular formula is C73H69I12N9O20. The Hall–Kier alpha value is -3.61. The highest BCUT2D eigenvalue weighted by molar-refractivity contribution is 14.1. The van der Waals surface area contributed by atoms with E-state index < -0.39 is 65.2 Å². The van der Waals surface area contributed by atoms with Gasteiger partial charge in [0.05, 0.1) is 48.9 Å². The SMILES string of the molecule is CC(C)(C)OC(=O)NC(Cc1cc(I)c(Oc2cc(I)c(O)c(I)c2)c(I)c1)C(=O)NCCN1C(=O)C=CC1=O.CC(C)(C)OC(=O)NC(Cc1cc(I)c(Oc2cc(I)c(O)c(I)c2)c(I)c1)C(=O)O.NC(Cc1cc(I)c(Oc2cc(I)c(O)c(I)c2)c(I)c1)C(=O)NCCN1C(=O)C=CC1=O.NCCN1C(=O)C=CC1=O. The predicted molar refractivity (Wildman–Crippen MR) is 522 cm³/mol. The maximum Gasteiger partial charge on any atom is 0.408 e. The van der Waals surface area contributed by atoms with Crippen LogP contribution in [0, 0.1) is 42.8 Å². The van der Waals surface area contributed by atoms with E-state index in [9.17, 15) is 73.2 Å². The summed E-state index contributed by atoms with van der Waals surface area (Å²) in [5.41, 5.74) is 12.1. The third kappa shape index (κ3) is 31.1. The second-order valence-corrected chi connectivity index (χ2v) is 39.9. The van der Waals surface area contributed by atoms with Crippen LogP contribution >= 0.6 is 271 Å². The first-order valence-electron chi connectivity index (χ1n) is 33.1. The molecule has 3 unspecified atom stereocenters. The summed E-state index contributed by atoms with van der Waals surface area (Å²) < 4.78 is 37.7. The van der Waals surface area contributed by atoms with E-state index in [-0.39, 0.29) is 85.8 Å². The van der Waals surface area contributed by atoms with Gasteiger partial charge in [-0.15, -0.1) is 0 Å². The zero-order valence-corrected chi connectivity index (χ0v) is 86.2. The van der Waals surface area contributed by atoms with Crippen molar-refractivity contribution in [1.29, 1.82) is 0 Å². The minimum atomic E-state index is -1.15. The highest BCUT2D eigenvalue weighted by Gasteiger charge is 2.31. The third-order valence-corrected chi connectivity index (χ3v) is 24.5. The highest BCUT2D eigenvalue weighted by atomic mass is 127. The van der Waals surface area contributed by atoms with Crippen LogP contribution in [-0.4, -0.2) is 169 Å². The van der Waals surface area contributed by atoms with Gasteiger partial charge in [0.25, 0.3) is 35.4 Å². The number of rotatable bonds is 25. The number of aromatic hydroxyl groups is 3. The molecule has 0 radical (unpaired) electrons. The number of carbonyl (C=O) groups excluding carboxylic acids is 10. The molecule has 3 atom stereocenters. The molecule has 0 fully saturated rings. The lowest BCUT2D eigenvalue weighted by Gasteiger charge is -2.24. The van der Waals surface area contributed by atoms with E-state index in [0.717, 1.165) is 52.8 Å². The van der Waals surface area contributed by atoms with E-state index in [1.165, 1.54) is 36.5 Å². The molecule has 0 spiro atoms. The van der Waals surface area contributed by atoms with Crippen molar-refractivity contribution in [3.63, 3.8) is 0 Å². The summed E-state index contributed by atoms with van der Waals surface area (Å²) in [6, 6.07) is 18.8. The minimum Gasteiger partial charge on any atom is -0.506 e. The van der Waals surface area contributed by atoms with Gasteiger partial charge in [0.1, 0.15) is 57.8 Å². The molecule has 41 heteroatoms. The van der Waals surface area contributed by atoms with Gasteiger partial charge in [-0.2, -0.15) is 0 Å². The number of halogens is 12. The molecule has 114 heavy (non-hydrogen) atoms. The van der Waals surface area contributed by atoms with E-state index in [1.807, 2.05) is 127 Å². The van der Waals surface area contributed by atoms with Crippen molar-refractivity contribution in [1.82, 2.24) is 36.0 Å². The summed E-state index contributed by atoms with van der Waals surface area (Å²) in [6.45, 7) is 11.2. The van der Waals surface area contributed by atoms with Crippen LogP contribution in [0.3, 0.4) is 0 Å². The number of hydrogen-bond donors (Lipinski definition) is 10. The van der Waals surface area contributed by atoms with Gasteiger partial charge in [-0.3, -0.25) is 53.1 Å². The number of benzene rings is 6. The van der Waals surface area contributed by atoms with Gasteiger partial charge < -0.3 is 76.8 Å². The van der Waals surface area contributed by atoms with E-state index in [4.69, 9.17) is 35.2 Å². The van der Waals surface area contributed by atoms with Crippen LogP contribution in [-0.2, 0) is 71.9 Å². The fraction of sp³-hybridized carbons (Fsp3) is 0.274. The van der Waals surface area contributed by atoms with Crippen molar-refractivity contribution in [3.05, 3.63) is 169 Å². The van der Waals surface area contributed by atoms with Crippen LogP contribution in [0.4, 0.5) is 9.59 Å². The monoisotopic (exact) mass is 2910 g/mol. The van der Waals surface area contributed by atoms with Gasteiger partial charge in [0, 0.05) is 88.6 Å². The first-order valence-corrected chi connectivity index (χ1v) is 46.0. The van der Waals surface area contributed by atoms with Gasteiger partial charge in [0.2, 0.25) is 11.8 Å². The minimum absolute atomic E-state index is 0.00648. The summed E-state index contributed by atoms with van der Waals surface area (Å²) in [5.74, 6) is 0.171. The van der Waals surface area contributed by atoms with Crippen molar-refractivity contribution in [2.45, 2.75) is 90.1 Å². The third-order valence-electron chi connectivity index (χ3n) is 14.8. The molecule has 9 rings (SSSR count). The second kappa shape index (κ2) is 45.9. The summed E-state index contributed by atoms with van der Waals surface area (Å²) in [6.07, 6.45) is 6.29. The molecular weight excluding hydrogens is 2850 g/mol. The Labute approximate surface area is 818 Å². The van der Waals surface area contributed by atoms with Crippen molar-refractivity contribution >= 4 is 337 Å². The van der Waals surface area contributed by atoms with Gasteiger partial charge in [-0.1, -0.05) is 0 Å². The summed E-state index contributed by atoms with van der Waals surface area (Å²) in [7, 11) is 0. The number of hydrogen-bond acceptors (Lipinski definition) is 21. The van der Waals surface area contributed by atoms with E-state index in [1.54, 1.807) is 77.9 Å². The lowest BCUT2D eigenvalue weighted by atomic mass is 10.0. The second-order valence-electron chi connectivity index (χ2n) is 26.0. The maximum atomic E-state index is 13.1. The molecule has 6 aromatic carbocycles. The first-order chi connectivity index (χ1) is 53.2. The number of carboxylic acids is 1. The number of alkyl carbamates (subject to hydrolysis) is 2. The molecule has 6 aromatic rings. The lowest BCUT2D eigenvalue weighted by molar-refractivity contribution is -0.140. The number of imide groups is 3. The Morgan fingerprint density at radius 2 is 0.649 bits per heavy atom. The molecule has 0 saturated carbocycles. The largest absolute Gasteiger partial charge is 0.506 e. The number of amides is 10. The van der Waals surface area contributed by atoms with Crippen LogP contribution in [0.5, 0.6) is 51.7 Å². The number of phenols is 3. The maximum absolute atomic E-state index is 13.1. The molecule has 610 valence electrons. The van der Waals surface area contributed by atoms with E-state index in [2.05, 4.69) is 202 Å². The topological polar surface area (TPSA) is 425 Å². The molecule has 0 saturated heterocycles. The molecule has 3 aliphatic rings. The number of nitrogens with zero attached hydrogens (tertiary/aromatic N) is 3. The summed E-state index contributed by atoms with van der Waals surface area (Å²) in [5, 5.41) is 49.9. The average molecular weight is 2920 g/mol. The number of carbonyl (C=O) groups is 11. The normalized spacial score (nSPS) is 13.7. The molecule has 0 bridgehead atoms. The molecule has 10 amide bonds. The fourth-order valence-corrected chi connectivity index (χ4v) is 21.2. The van der Waals surface area contributed by atoms with Crippen molar-refractivity contribution in [2.75, 3.05) is 39.3 Å². The van der Waals surface area contributed by atoms with Crippen LogP contribution in [0.25, 0.3) is 0 Å². The number of aliphatic carboxylic acids is 1. The standard InChI is InChI=1S/C26H25I4N3O7.C21H17I4N3O5.C20H19I4NO6.C6H8N2O2/c1-26(2,3)40-25(38)32-19(24(37)31-6-7-33-20(34)4-5-21(33)35)10-13-8-17(29)23(18(30)9-13)39-14-11-15(27)22(36)16(28)12-14;22-12-8-11(9-13(23)19(12)31)33-20-14(24)5-10(6-15(20)25)7-16(26)21(32)27-3-4-28-17(29)1-2-18(28)30;1-20(2,3)31-19(29)25-15(18(27)28)6-9-4-13(23)17(14(24)5-9)30-10-7-11(21)16(26)12(22)8-10;7-3-4-8-5(9)1-2-6(8)10/h4-5,8-9,11-12,19,36H,6-7,10H2,1-3H3,(H,31,37)(H,32,38);1-2,5-6,8-9,16,31H,3-4,7,26H2,(H,27,32);4-5,7-8,15,26H,6H2,1-3H3,(H,25,29)(H,27,28);1-2H,3-4,7H2. The number of nitrogens with two attached hydrogens (primary N) is 2. The molecule has 0 aliphatic carbocycles. The predicted octanol–water partition coefficient (Wildman–Crippen LogP) is 13.6. The van der Waals surface area contributed by atoms with Crippen LogP contribution in [0.15, 0.2) is 109 Å². The van der Waals surface area contributed by atoms with Crippen LogP contribution in [0.1, 0.15) is 58.2 Å². The zero-order valence-electron chi connectivity index (χ0n) is 60.3. The number of ether oxygens (including phenoxy) is 5. The first kappa shape index (κ1) is 99.2. The smallest absolute Gasteiger partial charge is 0.408 e. The van der Waals surface area contributed by atoms with Crippen LogP contribution < -0.4 is 46.9 Å². The Morgan fingerprint density at radius 3 is 0.921 bits per heavy atom. The van der Waals surface area contributed by atoms with Gasteiger partial charge in [0.15, 0.2) is 17.2 Å². The van der Waals surface area contributed by atoms with E-state index >= 15 is 0 Å². The van der Waals surface area contributed by atoms with Crippen molar-refractivity contribution < 1.29 is 96.9 Å². The molecule has 3 aliphatic heterocycles. The average Bonchev–Trinajstić information content (AvgIpc) is 1.000. The molecule has 0 aromatic heterocycles. The van der Waals surface area contributed by atoms with Crippen molar-refractivity contribution in [3.8, 4) is 51.7 Å². The number of carboxylic acid groups (broad SMARTS) is 1. The van der Waals surface area contributed by atoms with E-state index in [0.29, 0.717) is 75.4 Å². The zero-order chi connectivity index (χ0) is 85.1. The quantitative estimate of drug-likeness (QED) is 0.0188. The number of phenolic OH excluding ortho intramolecular Hbond substituents is 3. The van der Waals surface area contributed by atoms with Crippen molar-refractivity contribution in [2.24, 2.45) is 11.5 Å². The fourth-order valence-electron chi connectivity index (χ4n) is 9.69. The molecule has 29 nitrogen and oxygen atoms in total. The molecule has 12 N–H and O–H groups in total. The summed E-state index contributed by atoms with van der Waals surface area (Å²) >= 11 is 25.2. The summed E-state index contributed by atoms with van der Waals surface area (Å²) in [4.78, 5) is 133. The Morgan fingerprint density at radius 1 is 0.395 bits per heavy atom. The lowest BCUT2D eigenvalue weighted by Crippen LogP contribution is -2.50. The van der Waals surface area contributed by atoms with Crippen LogP contribution in [0.2, 0.25) is 0 Å². The Balaban J connectivity index is 0.000000252. The van der Waals surface area contributed by atoms with Gasteiger partial charge in [-0.05, 0) is 409 Å². The number of nitrogens with one attached hydrogen (secondary N) is 4. The van der Waals surface area contributed by atoms with Gasteiger partial charge in [-0.25, -0.2) is 14.4 Å².